The van der Waals surface area contributed by atoms with E-state index in [0.717, 1.165) is 22.6 Å². The fourth-order valence-corrected chi connectivity index (χ4v) is 2.71. The van der Waals surface area contributed by atoms with Crippen LogP contribution in [0.5, 0.6) is 11.6 Å². The van der Waals surface area contributed by atoms with Gasteiger partial charge in [-0.15, -0.1) is 0 Å². The number of rotatable bonds is 4. The summed E-state index contributed by atoms with van der Waals surface area (Å²) in [6.45, 7) is 0. The minimum Gasteiger partial charge on any atom is -0.496 e. The van der Waals surface area contributed by atoms with Crippen molar-refractivity contribution in [1.82, 2.24) is 25.1 Å². The largest absolute Gasteiger partial charge is 0.496 e. The summed E-state index contributed by atoms with van der Waals surface area (Å²) in [5.74, 6) is 1.23. The number of nitrogens with one attached hydrogen (secondary N) is 1. The molecule has 124 valence electrons. The molecule has 4 rings (SSSR count). The molecule has 0 bridgehead atoms. The van der Waals surface area contributed by atoms with Gasteiger partial charge in [-0.05, 0) is 24.3 Å². The maximum Gasteiger partial charge on any atom is 0.222 e. The quantitative estimate of drug-likeness (QED) is 0.617. The van der Waals surface area contributed by atoms with Crippen LogP contribution in [0.2, 0.25) is 0 Å². The van der Waals surface area contributed by atoms with Crippen LogP contribution in [0, 0.1) is 0 Å². The third kappa shape index (κ3) is 2.55. The number of nitrogens with zero attached hydrogens (tertiary/aromatic N) is 4. The van der Waals surface area contributed by atoms with Gasteiger partial charge in [0.2, 0.25) is 5.88 Å². The standard InChI is InChI=1S/C18H15N5O2/c1-24-14-8-4-3-6-12(14)15-16-17(23-22-15)20-10-13(21-16)11-7-5-9-19-18(11)25-2/h3-10H,1-2H3,(H,20,22,23). The zero-order valence-electron chi connectivity index (χ0n) is 13.7. The number of hydrogen-bond donors (Lipinski definition) is 1. The average Bonchev–Trinajstić information content (AvgIpc) is 3.10. The Morgan fingerprint density at radius 1 is 0.920 bits per heavy atom. The molecule has 0 aliphatic heterocycles. The maximum atomic E-state index is 5.44. The normalized spacial score (nSPS) is 10.8. The van der Waals surface area contributed by atoms with Crippen LogP contribution in [0.15, 0.2) is 48.8 Å². The minimum absolute atomic E-state index is 0.499. The van der Waals surface area contributed by atoms with Crippen LogP contribution >= 0.6 is 0 Å². The highest BCUT2D eigenvalue weighted by Crippen LogP contribution is 2.33. The average molecular weight is 333 g/mol. The Hall–Kier alpha value is -3.48. The molecule has 0 fully saturated rings. The van der Waals surface area contributed by atoms with E-state index in [1.54, 1.807) is 26.6 Å². The first-order valence-electron chi connectivity index (χ1n) is 7.65. The van der Waals surface area contributed by atoms with Crippen molar-refractivity contribution in [3.05, 3.63) is 48.8 Å². The topological polar surface area (TPSA) is 85.8 Å². The van der Waals surface area contributed by atoms with E-state index in [1.165, 1.54) is 0 Å². The molecule has 0 saturated heterocycles. The first kappa shape index (κ1) is 15.1. The van der Waals surface area contributed by atoms with Gasteiger partial charge < -0.3 is 9.47 Å². The number of aromatic nitrogens is 5. The number of fused-ring (bicyclic) bond motifs is 1. The molecule has 0 atom stereocenters. The SMILES string of the molecule is COc1ccccc1-c1[nH]nc2ncc(-c3cccnc3OC)nc12. The Kier molecular flexibility index (Phi) is 3.74. The molecule has 0 spiro atoms. The third-order valence-corrected chi connectivity index (χ3v) is 3.88. The van der Waals surface area contributed by atoms with E-state index in [0.29, 0.717) is 22.7 Å². The Morgan fingerprint density at radius 3 is 2.60 bits per heavy atom. The molecule has 0 aliphatic rings. The Balaban J connectivity index is 1.92. The second-order valence-electron chi connectivity index (χ2n) is 5.29. The van der Waals surface area contributed by atoms with E-state index in [4.69, 9.17) is 14.5 Å². The molecule has 7 nitrogen and oxygen atoms in total. The zero-order chi connectivity index (χ0) is 17.2. The van der Waals surface area contributed by atoms with Crippen LogP contribution < -0.4 is 9.47 Å². The number of para-hydroxylation sites is 1. The first-order valence-corrected chi connectivity index (χ1v) is 7.65. The van der Waals surface area contributed by atoms with Crippen LogP contribution in [0.4, 0.5) is 0 Å². The Labute approximate surface area is 143 Å². The summed E-state index contributed by atoms with van der Waals surface area (Å²) in [6, 6.07) is 11.4. The van der Waals surface area contributed by atoms with E-state index in [9.17, 15) is 0 Å². The predicted octanol–water partition coefficient (Wildman–Crippen LogP) is 3.10. The molecular formula is C18H15N5O2. The van der Waals surface area contributed by atoms with E-state index in [-0.39, 0.29) is 0 Å². The van der Waals surface area contributed by atoms with Crippen LogP contribution in [-0.4, -0.2) is 39.4 Å². The molecular weight excluding hydrogens is 318 g/mol. The molecule has 3 heterocycles. The minimum atomic E-state index is 0.499. The van der Waals surface area contributed by atoms with Crippen LogP contribution in [0.1, 0.15) is 0 Å². The summed E-state index contributed by atoms with van der Waals surface area (Å²) < 4.78 is 10.8. The van der Waals surface area contributed by atoms with Crippen molar-refractivity contribution in [2.24, 2.45) is 0 Å². The van der Waals surface area contributed by atoms with Crippen molar-refractivity contribution in [3.8, 4) is 34.1 Å². The van der Waals surface area contributed by atoms with Gasteiger partial charge in [-0.25, -0.2) is 15.0 Å². The summed E-state index contributed by atoms with van der Waals surface area (Å²) in [6.07, 6.45) is 3.33. The van der Waals surface area contributed by atoms with Gasteiger partial charge >= 0.3 is 0 Å². The first-order chi connectivity index (χ1) is 12.3. The van der Waals surface area contributed by atoms with Gasteiger partial charge in [-0.3, -0.25) is 5.10 Å². The van der Waals surface area contributed by atoms with E-state index in [2.05, 4.69) is 20.2 Å². The lowest BCUT2D eigenvalue weighted by Gasteiger charge is -2.07. The zero-order valence-corrected chi connectivity index (χ0v) is 13.7. The van der Waals surface area contributed by atoms with E-state index in [1.807, 2.05) is 36.4 Å². The van der Waals surface area contributed by atoms with Crippen LogP contribution in [0.25, 0.3) is 33.7 Å². The molecule has 0 unspecified atom stereocenters. The highest BCUT2D eigenvalue weighted by Gasteiger charge is 2.16. The fraction of sp³-hybridized carbons (Fsp3) is 0.111. The Bertz CT molecular complexity index is 1040. The fourth-order valence-electron chi connectivity index (χ4n) is 2.71. The number of hydrogen-bond acceptors (Lipinski definition) is 6. The van der Waals surface area contributed by atoms with Crippen molar-refractivity contribution >= 4 is 11.2 Å². The lowest BCUT2D eigenvalue weighted by Crippen LogP contribution is -1.94. The number of aromatic amines is 1. The van der Waals surface area contributed by atoms with Crippen molar-refractivity contribution in [1.29, 1.82) is 0 Å². The van der Waals surface area contributed by atoms with E-state index >= 15 is 0 Å². The van der Waals surface area contributed by atoms with Gasteiger partial charge in [0.05, 0.1) is 37.4 Å². The highest BCUT2D eigenvalue weighted by atomic mass is 16.5. The molecule has 3 aromatic heterocycles. The summed E-state index contributed by atoms with van der Waals surface area (Å²) in [4.78, 5) is 13.4. The lowest BCUT2D eigenvalue weighted by molar-refractivity contribution is 0.399. The second kappa shape index (κ2) is 6.20. The summed E-state index contributed by atoms with van der Waals surface area (Å²) >= 11 is 0. The number of methoxy groups -OCH3 is 2. The molecule has 1 aromatic carbocycles. The van der Waals surface area contributed by atoms with Crippen LogP contribution in [0.3, 0.4) is 0 Å². The van der Waals surface area contributed by atoms with E-state index < -0.39 is 0 Å². The van der Waals surface area contributed by atoms with Gasteiger partial charge in [0.25, 0.3) is 0 Å². The van der Waals surface area contributed by atoms with Crippen molar-refractivity contribution < 1.29 is 9.47 Å². The van der Waals surface area contributed by atoms with Gasteiger partial charge in [0.15, 0.2) is 5.65 Å². The maximum absolute atomic E-state index is 5.44. The molecule has 0 amide bonds. The molecule has 0 saturated carbocycles. The molecule has 0 aliphatic carbocycles. The Morgan fingerprint density at radius 2 is 1.76 bits per heavy atom. The van der Waals surface area contributed by atoms with Gasteiger partial charge in [0.1, 0.15) is 11.3 Å². The lowest BCUT2D eigenvalue weighted by atomic mass is 10.1. The van der Waals surface area contributed by atoms with Crippen molar-refractivity contribution in [2.45, 2.75) is 0 Å². The molecule has 0 radical (unpaired) electrons. The van der Waals surface area contributed by atoms with Gasteiger partial charge in [0, 0.05) is 11.8 Å². The molecule has 1 N–H and O–H groups in total. The third-order valence-electron chi connectivity index (χ3n) is 3.88. The van der Waals surface area contributed by atoms with Crippen LogP contribution in [-0.2, 0) is 0 Å². The van der Waals surface area contributed by atoms with Crippen molar-refractivity contribution in [3.63, 3.8) is 0 Å². The van der Waals surface area contributed by atoms with Gasteiger partial charge in [-0.1, -0.05) is 12.1 Å². The number of pyridine rings is 1. The summed E-state index contributed by atoms with van der Waals surface area (Å²) in [5, 5.41) is 7.26. The summed E-state index contributed by atoms with van der Waals surface area (Å²) in [5.41, 5.74) is 4.25. The number of benzene rings is 1. The molecule has 7 heteroatoms. The number of H-pyrrole nitrogens is 1. The smallest absolute Gasteiger partial charge is 0.222 e. The summed E-state index contributed by atoms with van der Waals surface area (Å²) in [7, 11) is 3.21. The van der Waals surface area contributed by atoms with Gasteiger partial charge in [-0.2, -0.15) is 5.10 Å². The highest BCUT2D eigenvalue weighted by molar-refractivity contribution is 5.90. The number of ether oxygens (including phenoxy) is 2. The van der Waals surface area contributed by atoms with Crippen molar-refractivity contribution in [2.75, 3.05) is 14.2 Å². The monoisotopic (exact) mass is 333 g/mol. The molecule has 25 heavy (non-hydrogen) atoms. The molecule has 4 aromatic rings. The predicted molar refractivity (Wildman–Crippen MR) is 93.5 cm³/mol. The second-order valence-corrected chi connectivity index (χ2v) is 5.29.